The molecule has 2 N–H and O–H groups in total. The standard InChI is InChI=1S/C23H28ClN5OS.C11H11BrClN3O.C11H17N3S/c1-14(2)29-23(30-20-7-5-4-6-19(20)24)25-21(26-29)11-18-16-8-9-17(18)13-28(12-16)22-10-15(3)27-31-22;1-7(2)16-11(14-10(12)15-16)17-9-6-4-3-5-8(9)13;1-7-4-10(15-13-7)14-5-8-2-3-9(6-14)11(8)12/h4-7,10,14,16-18H,8-9,11-13H2,1-3H3;3-7H,1-2H3;4,8-9,11H,2-3,5-6,12H2,1H3. The van der Waals surface area contributed by atoms with Crippen molar-refractivity contribution < 1.29 is 9.47 Å². The van der Waals surface area contributed by atoms with Crippen LogP contribution >= 0.6 is 62.2 Å². The normalized spacial score (nSPS) is 22.5. The van der Waals surface area contributed by atoms with Gasteiger partial charge in [-0.3, -0.25) is 0 Å². The Hall–Kier alpha value is -3.80. The zero-order chi connectivity index (χ0) is 44.4. The topological polar surface area (TPSA) is 138 Å². The largest absolute Gasteiger partial charge is 0.423 e. The number of fused-ring (bicyclic) bond motifs is 4. The van der Waals surface area contributed by atoms with E-state index in [2.05, 4.69) is 84.4 Å². The number of para-hydroxylation sites is 2. The predicted octanol–water partition coefficient (Wildman–Crippen LogP) is 11.5. The maximum absolute atomic E-state index is 6.29. The van der Waals surface area contributed by atoms with Gasteiger partial charge in [-0.05, 0) is 172 Å². The summed E-state index contributed by atoms with van der Waals surface area (Å²) in [6.45, 7) is 16.8. The van der Waals surface area contributed by atoms with Crippen molar-refractivity contribution in [2.24, 2.45) is 35.3 Å². The fraction of sp³-hybridized carbons (Fsp3) is 0.511. The lowest BCUT2D eigenvalue weighted by atomic mass is 9.82. The van der Waals surface area contributed by atoms with Crippen molar-refractivity contribution in [3.63, 3.8) is 0 Å². The fourth-order valence-electron chi connectivity index (χ4n) is 9.29. The molecule has 18 heteroatoms. The van der Waals surface area contributed by atoms with Gasteiger partial charge in [0.05, 0.1) is 33.5 Å². The highest BCUT2D eigenvalue weighted by atomic mass is 79.9. The van der Waals surface area contributed by atoms with Gasteiger partial charge in [0.1, 0.15) is 21.5 Å². The summed E-state index contributed by atoms with van der Waals surface area (Å²) < 4.78 is 24.6. The Bertz CT molecular complexity index is 2430. The summed E-state index contributed by atoms with van der Waals surface area (Å²) in [4.78, 5) is 14.0. The Labute approximate surface area is 396 Å². The van der Waals surface area contributed by atoms with E-state index in [1.165, 1.54) is 35.7 Å². The molecule has 0 amide bonds. The molecular weight excluding hydrogens is 942 g/mol. The van der Waals surface area contributed by atoms with Gasteiger partial charge < -0.3 is 25.0 Å². The molecule has 6 aromatic rings. The number of hydrogen-bond donors (Lipinski definition) is 1. The number of ether oxygens (including phenoxy) is 2. The van der Waals surface area contributed by atoms with Crippen molar-refractivity contribution in [3.05, 3.63) is 92.7 Å². The molecule has 4 bridgehead atoms. The second kappa shape index (κ2) is 20.2. The number of hydrogen-bond acceptors (Lipinski definition) is 13. The van der Waals surface area contributed by atoms with Crippen molar-refractivity contribution in [1.82, 2.24) is 38.3 Å². The molecular formula is C45H56BrCl2N11O2S2. The van der Waals surface area contributed by atoms with E-state index in [1.807, 2.05) is 54.9 Å². The highest BCUT2D eigenvalue weighted by molar-refractivity contribution is 9.10. The molecule has 2 saturated heterocycles. The SMILES string of the molecule is CC(C)n1nc(Br)nc1Oc1ccccc1Cl.Cc1cc(N2CC3CCC(C2)C3Cc2nc(Oc3ccccc3Cl)n(C(C)C)n2)sn1.Cc1cc(N2CC3CCC(C2)C3N)sn1. The molecule has 4 aromatic heterocycles. The second-order valence-electron chi connectivity index (χ2n) is 17.7. The number of aromatic nitrogens is 8. The third-order valence-corrected chi connectivity index (χ3v) is 15.3. The Morgan fingerprint density at radius 3 is 1.59 bits per heavy atom. The van der Waals surface area contributed by atoms with Crippen LogP contribution in [0.4, 0.5) is 10.0 Å². The number of aryl methyl sites for hydroxylation is 2. The Morgan fingerprint density at radius 2 is 1.13 bits per heavy atom. The first kappa shape index (κ1) is 45.8. The smallest absolute Gasteiger partial charge is 0.321 e. The lowest BCUT2D eigenvalue weighted by Crippen LogP contribution is -2.48. The van der Waals surface area contributed by atoms with Crippen LogP contribution in [0.1, 0.15) is 82.7 Å². The van der Waals surface area contributed by atoms with E-state index in [-0.39, 0.29) is 12.1 Å². The van der Waals surface area contributed by atoms with Crippen LogP contribution in [-0.2, 0) is 6.42 Å². The summed E-state index contributed by atoms with van der Waals surface area (Å²) in [5, 5.41) is 12.8. The number of piperidine rings is 2. The van der Waals surface area contributed by atoms with Crippen LogP contribution < -0.4 is 25.0 Å². The molecule has 4 aliphatic rings. The quantitative estimate of drug-likeness (QED) is 0.140. The monoisotopic (exact) mass is 995 g/mol. The van der Waals surface area contributed by atoms with Gasteiger partial charge in [-0.15, -0.1) is 5.10 Å². The van der Waals surface area contributed by atoms with Crippen LogP contribution in [0, 0.1) is 43.4 Å². The van der Waals surface area contributed by atoms with Crippen LogP contribution in [0.2, 0.25) is 10.0 Å². The van der Waals surface area contributed by atoms with Gasteiger partial charge in [0.15, 0.2) is 5.82 Å². The molecule has 4 unspecified atom stereocenters. The van der Waals surface area contributed by atoms with Gasteiger partial charge in [0.25, 0.3) is 0 Å². The third-order valence-electron chi connectivity index (χ3n) is 12.5. The first-order valence-corrected chi connectivity index (χ1v) is 24.9. The lowest BCUT2D eigenvalue weighted by molar-refractivity contribution is 0.266. The molecule has 4 fully saturated rings. The number of benzene rings is 2. The molecule has 63 heavy (non-hydrogen) atoms. The van der Waals surface area contributed by atoms with E-state index in [1.54, 1.807) is 39.9 Å². The molecule has 2 aliphatic carbocycles. The summed E-state index contributed by atoms with van der Waals surface area (Å²) in [5.41, 5.74) is 8.44. The second-order valence-corrected chi connectivity index (χ2v) is 20.8. The number of rotatable bonds is 10. The van der Waals surface area contributed by atoms with Gasteiger partial charge in [0, 0.05) is 38.6 Å². The van der Waals surface area contributed by atoms with Crippen LogP contribution in [0.15, 0.2) is 65.4 Å². The summed E-state index contributed by atoms with van der Waals surface area (Å²) in [5.74, 6) is 5.47. The molecule has 10 rings (SSSR count). The minimum atomic E-state index is 0.159. The first-order valence-electron chi connectivity index (χ1n) is 21.8. The molecule has 6 heterocycles. The maximum atomic E-state index is 6.29. The van der Waals surface area contributed by atoms with Crippen molar-refractivity contribution in [2.45, 2.75) is 91.8 Å². The maximum Gasteiger partial charge on any atom is 0.321 e. The summed E-state index contributed by atoms with van der Waals surface area (Å²) in [6, 6.07) is 20.9. The fourth-order valence-corrected chi connectivity index (χ4v) is 11.5. The first-order chi connectivity index (χ1) is 30.3. The van der Waals surface area contributed by atoms with Crippen molar-refractivity contribution >= 4 is 72.2 Å². The van der Waals surface area contributed by atoms with E-state index in [9.17, 15) is 0 Å². The van der Waals surface area contributed by atoms with Gasteiger partial charge >= 0.3 is 12.0 Å². The lowest BCUT2D eigenvalue weighted by Gasteiger charge is -2.38. The van der Waals surface area contributed by atoms with E-state index in [0.29, 0.717) is 73.9 Å². The average molecular weight is 998 g/mol. The molecule has 2 aliphatic heterocycles. The van der Waals surface area contributed by atoms with Crippen LogP contribution in [0.5, 0.6) is 23.5 Å². The summed E-state index contributed by atoms with van der Waals surface area (Å²) in [6.07, 6.45) is 6.12. The van der Waals surface area contributed by atoms with Crippen molar-refractivity contribution in [3.8, 4) is 23.5 Å². The number of anilines is 2. The highest BCUT2D eigenvalue weighted by Gasteiger charge is 2.43. The molecule has 13 nitrogen and oxygen atoms in total. The van der Waals surface area contributed by atoms with Crippen molar-refractivity contribution in [2.75, 3.05) is 36.0 Å². The third kappa shape index (κ3) is 10.8. The molecule has 0 spiro atoms. The molecule has 0 radical (unpaired) electrons. The number of nitrogens with zero attached hydrogens (tertiary/aromatic N) is 10. The number of halogens is 3. The molecule has 4 atom stereocenters. The molecule has 336 valence electrons. The minimum Gasteiger partial charge on any atom is -0.423 e. The van der Waals surface area contributed by atoms with Crippen molar-refractivity contribution in [1.29, 1.82) is 0 Å². The minimum absolute atomic E-state index is 0.159. The van der Waals surface area contributed by atoms with Crippen LogP contribution in [-0.4, -0.2) is 70.5 Å². The Morgan fingerprint density at radius 1 is 0.683 bits per heavy atom. The molecule has 2 saturated carbocycles. The predicted molar refractivity (Wildman–Crippen MR) is 257 cm³/mol. The Balaban J connectivity index is 0.000000143. The molecule has 2 aromatic carbocycles. The summed E-state index contributed by atoms with van der Waals surface area (Å²) >= 11 is 18.8. The van der Waals surface area contributed by atoms with E-state index >= 15 is 0 Å². The number of nitrogens with two attached hydrogens (primary N) is 1. The van der Waals surface area contributed by atoms with Crippen LogP contribution in [0.3, 0.4) is 0 Å². The van der Waals surface area contributed by atoms with E-state index in [4.69, 9.17) is 48.5 Å². The zero-order valence-corrected chi connectivity index (χ0v) is 41.3. The van der Waals surface area contributed by atoms with E-state index in [0.717, 1.165) is 49.8 Å². The van der Waals surface area contributed by atoms with E-state index < -0.39 is 0 Å². The highest BCUT2D eigenvalue weighted by Crippen LogP contribution is 2.45. The average Bonchev–Trinajstić information content (AvgIpc) is 4.11. The Kier molecular flexibility index (Phi) is 14.6. The summed E-state index contributed by atoms with van der Waals surface area (Å²) in [7, 11) is 0. The zero-order valence-electron chi connectivity index (χ0n) is 36.6. The van der Waals surface area contributed by atoms with Gasteiger partial charge in [-0.25, -0.2) is 9.36 Å². The van der Waals surface area contributed by atoms with Gasteiger partial charge in [0.2, 0.25) is 4.73 Å². The van der Waals surface area contributed by atoms with Crippen LogP contribution in [0.25, 0.3) is 0 Å². The van der Waals surface area contributed by atoms with Gasteiger partial charge in [-0.1, -0.05) is 47.5 Å². The van der Waals surface area contributed by atoms with Gasteiger partial charge in [-0.2, -0.15) is 23.8 Å².